The average molecular weight is 741 g/mol. The minimum Gasteiger partial charge on any atom is -0.525 e. The second-order valence-electron chi connectivity index (χ2n) is 7.98. The summed E-state index contributed by atoms with van der Waals surface area (Å²) >= 11 is 11.3. The van der Waals surface area contributed by atoms with Crippen molar-refractivity contribution >= 4 is 72.6 Å². The van der Waals surface area contributed by atoms with Crippen molar-refractivity contribution in [3.63, 3.8) is 0 Å². The molecule has 4 rings (SSSR count). The zero-order chi connectivity index (χ0) is 33.1. The Hall–Kier alpha value is -0.627. The molecule has 0 unspecified atom stereocenters. The Morgan fingerprint density at radius 1 is 0.956 bits per heavy atom. The number of carbonyl (C=O) groups is 3. The van der Waals surface area contributed by atoms with Crippen molar-refractivity contribution in [2.75, 3.05) is 19.6 Å². The van der Waals surface area contributed by atoms with Crippen LogP contribution in [0.5, 0.6) is 0 Å². The van der Waals surface area contributed by atoms with Crippen LogP contribution in [0.4, 0.5) is 8.78 Å². The number of benzene rings is 2. The number of hydrogen-bond donors (Lipinski definition) is 1. The quantitative estimate of drug-likeness (QED) is 0.0672. The number of nitrogens with zero attached hydrogens (tertiary/aromatic N) is 1. The summed E-state index contributed by atoms with van der Waals surface area (Å²) < 4.78 is 43.9. The van der Waals surface area contributed by atoms with Gasteiger partial charge in [-0.3, -0.25) is 14.4 Å². The van der Waals surface area contributed by atoms with Gasteiger partial charge in [-0.2, -0.15) is 0 Å². The Balaban J connectivity index is 0.000000708. The van der Waals surface area contributed by atoms with E-state index >= 15 is 0 Å². The second kappa shape index (κ2) is 22.1. The molecule has 0 aliphatic rings. The van der Waals surface area contributed by atoms with Crippen LogP contribution in [0, 0.1) is 11.6 Å². The van der Waals surface area contributed by atoms with Gasteiger partial charge in [0.1, 0.15) is 22.8 Å². The fourth-order valence-corrected chi connectivity index (χ4v) is 3.84. The molecule has 0 saturated heterocycles. The van der Waals surface area contributed by atoms with Gasteiger partial charge in [0.15, 0.2) is 1.37 Å². The van der Waals surface area contributed by atoms with Gasteiger partial charge in [0.2, 0.25) is 10.9 Å². The molecule has 2 aromatic carbocycles. The molecule has 4 aromatic rings. The van der Waals surface area contributed by atoms with E-state index in [0.717, 1.165) is 12.1 Å². The summed E-state index contributed by atoms with van der Waals surface area (Å²) in [5, 5.41) is -0.0224. The van der Waals surface area contributed by atoms with Crippen molar-refractivity contribution in [1.82, 2.24) is 9.55 Å². The van der Waals surface area contributed by atoms with Gasteiger partial charge < -0.3 is 33.2 Å². The first-order chi connectivity index (χ1) is 20.8. The Bertz CT molecular complexity index is 1830. The third kappa shape index (κ3) is 12.4. The predicted molar refractivity (Wildman–Crippen MR) is 157 cm³/mol. The number of aromatic amines is 1. The zero-order valence-electron chi connectivity index (χ0n) is 25.7. The third-order valence-corrected chi connectivity index (χ3v) is 5.99. The van der Waals surface area contributed by atoms with Crippen LogP contribution in [0.2, 0.25) is 10.0 Å². The summed E-state index contributed by atoms with van der Waals surface area (Å²) in [4.78, 5) is 67.1. The third-order valence-electron chi connectivity index (χ3n) is 5.29. The van der Waals surface area contributed by atoms with Crippen LogP contribution in [-0.4, -0.2) is 47.5 Å². The van der Waals surface area contributed by atoms with E-state index < -0.39 is 40.9 Å². The van der Waals surface area contributed by atoms with E-state index in [4.69, 9.17) is 34.0 Å². The molecule has 0 saturated carbocycles. The fraction of sp³-hybridized carbons (Fsp3) is 0.222. The maximum Gasteiger partial charge on any atom is 1.00 e. The molecule has 0 aliphatic heterocycles. The molecule has 11 nitrogen and oxygen atoms in total. The smallest absolute Gasteiger partial charge is 0.525 e. The monoisotopic (exact) mass is 739 g/mol. The standard InChI is InChI=1S/C13H11ClFNO3.C12H9ClFNO3.C2H4O3P.2K/c1-3-19-13(18)8-6-16(2)11-5-9(14)10(15)4-7(11)12(8)17;1-2-18-12(17)7-5-15-10-4-8(13)9(14)3-6(10)11(7)16;3-1-4-5-2-6;;/h4-6H,3H2,1-2H3;3-5H,2H2,1H3,(H,15,16);1,6H,2H2;;/q;;-1;2*+1/i;;1T;;. The summed E-state index contributed by atoms with van der Waals surface area (Å²) in [5.41, 5.74) is -0.631. The molecule has 2 aromatic heterocycles. The van der Waals surface area contributed by atoms with Gasteiger partial charge in [-0.05, 0) is 44.5 Å². The summed E-state index contributed by atoms with van der Waals surface area (Å²) in [6.07, 6.45) is 1.48. The molecule has 0 fully saturated rings. The predicted octanol–water partition coefficient (Wildman–Crippen LogP) is -0.796. The van der Waals surface area contributed by atoms with E-state index in [0.29, 0.717) is 11.0 Å². The van der Waals surface area contributed by atoms with Crippen LogP contribution in [-0.2, 0) is 31.1 Å². The largest absolute Gasteiger partial charge is 1.00 e. The number of pyridine rings is 2. The molecular formula is C27H24Cl2F2K2N2O9P+. The number of esters is 2. The van der Waals surface area contributed by atoms with Crippen LogP contribution >= 0.6 is 32.4 Å². The van der Waals surface area contributed by atoms with Crippen molar-refractivity contribution in [3.8, 4) is 0 Å². The molecule has 45 heavy (non-hydrogen) atoms. The minimum atomic E-state index is -1.20. The number of hydrogen-bond acceptors (Lipinski definition) is 9. The van der Waals surface area contributed by atoms with Crippen LogP contribution in [0.25, 0.3) is 21.8 Å². The van der Waals surface area contributed by atoms with Crippen molar-refractivity contribution < 1.29 is 147 Å². The van der Waals surface area contributed by atoms with Crippen LogP contribution in [0.15, 0.2) is 46.2 Å². The van der Waals surface area contributed by atoms with Gasteiger partial charge in [-0.25, -0.2) is 23.3 Å². The van der Waals surface area contributed by atoms with E-state index in [1.807, 2.05) is 0 Å². The minimum absolute atomic E-state index is 0. The number of H-pyrrole nitrogens is 1. The summed E-state index contributed by atoms with van der Waals surface area (Å²) in [6, 6.07) is 4.67. The van der Waals surface area contributed by atoms with E-state index in [1.165, 1.54) is 29.1 Å². The van der Waals surface area contributed by atoms with E-state index in [1.54, 1.807) is 20.9 Å². The average Bonchev–Trinajstić information content (AvgIpc) is 2.97. The molecule has 18 heteroatoms. The SMILES string of the molecule is CCOC(=O)c1c[nH]c2cc(Cl)c(F)cc2c1=O.CCOC(=O)c1cn(C)c2cc(Cl)c(F)cc2c1=O.[3H]C(=O)OOC[PH-].[K+].[K+]. The summed E-state index contributed by atoms with van der Waals surface area (Å²) in [5.74, 6) is -2.88. The number of aryl methyl sites for hydroxylation is 1. The van der Waals surface area contributed by atoms with E-state index in [-0.39, 0.29) is 154 Å². The van der Waals surface area contributed by atoms with E-state index in [2.05, 4.69) is 24.0 Å². The number of rotatable bonds is 6. The molecule has 0 radical (unpaired) electrons. The van der Waals surface area contributed by atoms with Crippen molar-refractivity contribution in [2.24, 2.45) is 7.05 Å². The van der Waals surface area contributed by atoms with Crippen LogP contribution < -0.4 is 114 Å². The number of carbonyl (C=O) groups excluding carboxylic acids is 3. The first-order valence-corrected chi connectivity index (χ1v) is 13.5. The number of aromatic nitrogens is 2. The molecule has 0 amide bonds. The van der Waals surface area contributed by atoms with E-state index in [9.17, 15) is 32.8 Å². The molecule has 1 N–H and O–H groups in total. The molecule has 0 bridgehead atoms. The maximum atomic E-state index is 13.4. The molecule has 0 spiro atoms. The van der Waals surface area contributed by atoms with Crippen LogP contribution in [0.3, 0.4) is 0 Å². The molecule has 0 aliphatic carbocycles. The topological polar surface area (TPSA) is 143 Å². The van der Waals surface area contributed by atoms with Crippen molar-refractivity contribution in [3.05, 3.63) is 89.9 Å². The molecule has 2 heterocycles. The van der Waals surface area contributed by atoms with Crippen molar-refractivity contribution in [2.45, 2.75) is 13.8 Å². The fourth-order valence-electron chi connectivity index (χ4n) is 3.46. The maximum absolute atomic E-state index is 13.4. The summed E-state index contributed by atoms with van der Waals surface area (Å²) in [6.45, 7) is 3.59. The van der Waals surface area contributed by atoms with Gasteiger partial charge >= 0.3 is 121 Å². The first-order valence-electron chi connectivity index (χ1n) is 12.5. The molecular weight excluding hydrogens is 714 g/mol. The van der Waals surface area contributed by atoms with Gasteiger partial charge in [0.25, 0.3) is 0 Å². The Morgan fingerprint density at radius 2 is 1.47 bits per heavy atom. The van der Waals surface area contributed by atoms with Crippen LogP contribution in [0.1, 0.15) is 35.9 Å². The Kier molecular flexibility index (Phi) is 20.8. The van der Waals surface area contributed by atoms with Gasteiger partial charge in [0.05, 0.1) is 34.3 Å². The zero-order valence-corrected chi connectivity index (χ0v) is 33.5. The first kappa shape index (κ1) is 42.4. The van der Waals surface area contributed by atoms with Gasteiger partial charge in [0, 0.05) is 30.2 Å². The number of fused-ring (bicyclic) bond motifs is 2. The molecule has 230 valence electrons. The summed E-state index contributed by atoms with van der Waals surface area (Å²) in [7, 11) is 4.47. The number of nitrogens with one attached hydrogen (secondary N) is 1. The Morgan fingerprint density at radius 3 is 1.98 bits per heavy atom. The van der Waals surface area contributed by atoms with Crippen molar-refractivity contribution in [1.29, 1.82) is 0 Å². The van der Waals surface area contributed by atoms with Gasteiger partial charge in [-0.15, -0.1) is 0 Å². The Labute approximate surface area is 354 Å². The van der Waals surface area contributed by atoms with Gasteiger partial charge in [-0.1, -0.05) is 23.2 Å². The molecule has 0 atom stereocenters. The number of halogens is 4. The number of ether oxygens (including phenoxy) is 2. The second-order valence-corrected chi connectivity index (χ2v) is 9.08. The normalized spacial score (nSPS) is 10.1.